The van der Waals surface area contributed by atoms with Crippen LogP contribution in [0.1, 0.15) is 22.7 Å². The number of rotatable bonds is 3. The molecule has 0 radical (unpaired) electrons. The van der Waals surface area contributed by atoms with Gasteiger partial charge in [-0.05, 0) is 22.3 Å². The molecule has 142 valence electrons. The van der Waals surface area contributed by atoms with Crippen LogP contribution >= 0.6 is 0 Å². The van der Waals surface area contributed by atoms with Crippen LogP contribution in [0.2, 0.25) is 0 Å². The van der Waals surface area contributed by atoms with Gasteiger partial charge in [-0.25, -0.2) is 9.48 Å². The number of hydrogen-bond acceptors (Lipinski definition) is 5. The third-order valence-electron chi connectivity index (χ3n) is 5.69. The van der Waals surface area contributed by atoms with Gasteiger partial charge in [0.05, 0.1) is 25.0 Å². The number of ether oxygens (including phenoxy) is 1. The lowest BCUT2D eigenvalue weighted by molar-refractivity contribution is -0.0991. The lowest BCUT2D eigenvalue weighted by Crippen LogP contribution is -2.62. The zero-order valence-electron chi connectivity index (χ0n) is 15.4. The number of benzene rings is 2. The molecule has 0 atom stereocenters. The quantitative estimate of drug-likeness (QED) is 0.758. The molecule has 0 bridgehead atoms. The number of amides is 1. The average Bonchev–Trinajstić information content (AvgIpc) is 3.25. The number of hydrogen-bond donors (Lipinski definition) is 1. The van der Waals surface area contributed by atoms with Crippen LogP contribution < -0.4 is 0 Å². The van der Waals surface area contributed by atoms with Gasteiger partial charge < -0.3 is 14.7 Å². The minimum absolute atomic E-state index is 0.0257. The molecule has 0 unspecified atom stereocenters. The van der Waals surface area contributed by atoms with Crippen molar-refractivity contribution in [3.05, 3.63) is 71.5 Å². The third kappa shape index (κ3) is 2.51. The van der Waals surface area contributed by atoms with Gasteiger partial charge in [-0.3, -0.25) is 0 Å². The third-order valence-corrected chi connectivity index (χ3v) is 5.69. The maximum Gasteiger partial charge on any atom is 0.410 e. The van der Waals surface area contributed by atoms with E-state index in [1.807, 2.05) is 24.3 Å². The average molecular weight is 376 g/mol. The molecule has 0 spiro atoms. The first-order valence-electron chi connectivity index (χ1n) is 9.24. The van der Waals surface area contributed by atoms with Crippen molar-refractivity contribution < 1.29 is 14.6 Å². The number of aliphatic hydroxyl groups is 1. The molecule has 1 aliphatic carbocycles. The molecule has 1 amide bonds. The summed E-state index contributed by atoms with van der Waals surface area (Å²) in [4.78, 5) is 14.0. The predicted octanol–water partition coefficient (Wildman–Crippen LogP) is 2.27. The second-order valence-electron chi connectivity index (χ2n) is 7.43. The Morgan fingerprint density at radius 3 is 2.32 bits per heavy atom. The summed E-state index contributed by atoms with van der Waals surface area (Å²) in [5, 5.41) is 18.3. The molecule has 1 aliphatic heterocycles. The summed E-state index contributed by atoms with van der Waals surface area (Å²) in [6.07, 6.45) is 1.11. The van der Waals surface area contributed by atoms with Crippen LogP contribution in [-0.2, 0) is 17.4 Å². The largest absolute Gasteiger partial charge is 0.448 e. The van der Waals surface area contributed by atoms with E-state index >= 15 is 0 Å². The van der Waals surface area contributed by atoms with Crippen LogP contribution in [-0.4, -0.2) is 50.8 Å². The van der Waals surface area contributed by atoms with Gasteiger partial charge in [-0.15, -0.1) is 5.10 Å². The van der Waals surface area contributed by atoms with E-state index in [-0.39, 0.29) is 25.6 Å². The molecule has 0 saturated carbocycles. The lowest BCUT2D eigenvalue weighted by Gasteiger charge is -2.45. The molecule has 3 aromatic rings. The minimum atomic E-state index is -1.12. The Hall–Kier alpha value is -3.19. The van der Waals surface area contributed by atoms with Crippen LogP contribution in [0.5, 0.6) is 0 Å². The normalized spacial score (nSPS) is 17.0. The van der Waals surface area contributed by atoms with Crippen molar-refractivity contribution in [2.24, 2.45) is 7.05 Å². The smallest absolute Gasteiger partial charge is 0.410 e. The first kappa shape index (κ1) is 16.9. The van der Waals surface area contributed by atoms with Gasteiger partial charge in [0.2, 0.25) is 0 Å². The molecular formula is C21H20N4O3. The zero-order valence-corrected chi connectivity index (χ0v) is 15.4. The van der Waals surface area contributed by atoms with Gasteiger partial charge in [-0.1, -0.05) is 53.7 Å². The van der Waals surface area contributed by atoms with Crippen LogP contribution in [0, 0.1) is 0 Å². The Kier molecular flexibility index (Phi) is 3.73. The van der Waals surface area contributed by atoms with Crippen LogP contribution in [0.25, 0.3) is 11.1 Å². The molecule has 7 nitrogen and oxygen atoms in total. The lowest BCUT2D eigenvalue weighted by atomic mass is 9.91. The number of aromatic nitrogens is 3. The predicted molar refractivity (Wildman–Crippen MR) is 102 cm³/mol. The molecule has 2 aromatic carbocycles. The first-order valence-corrected chi connectivity index (χ1v) is 9.24. The van der Waals surface area contributed by atoms with Crippen molar-refractivity contribution in [3.63, 3.8) is 0 Å². The molecule has 1 fully saturated rings. The maximum absolute atomic E-state index is 12.5. The van der Waals surface area contributed by atoms with Crippen molar-refractivity contribution in [1.29, 1.82) is 0 Å². The number of likely N-dealkylation sites (tertiary alicyclic amines) is 1. The van der Waals surface area contributed by atoms with Gasteiger partial charge in [0.15, 0.2) is 0 Å². The number of β-amino-alcohol motifs (C(OH)–C–C–N with tert-alkyl or cyclic N) is 1. The molecular weight excluding hydrogens is 356 g/mol. The van der Waals surface area contributed by atoms with Crippen LogP contribution in [0.4, 0.5) is 4.79 Å². The van der Waals surface area contributed by atoms with E-state index in [9.17, 15) is 9.90 Å². The Balaban J connectivity index is 1.28. The summed E-state index contributed by atoms with van der Waals surface area (Å²) >= 11 is 0. The van der Waals surface area contributed by atoms with Crippen molar-refractivity contribution in [1.82, 2.24) is 19.9 Å². The van der Waals surface area contributed by atoms with E-state index in [2.05, 4.69) is 34.6 Å². The summed E-state index contributed by atoms with van der Waals surface area (Å²) in [6, 6.07) is 16.5. The standard InChI is InChI=1S/C21H20N4O3/c1-24-19(10-22-23-24)21(27)12-25(13-21)20(26)28-11-18-16-8-4-2-6-14(16)15-7-3-5-9-17(15)18/h2-10,18,27H,11-13H2,1H3. The Bertz CT molecular complexity index is 1010. The highest BCUT2D eigenvalue weighted by atomic mass is 16.6. The maximum atomic E-state index is 12.5. The highest BCUT2D eigenvalue weighted by Crippen LogP contribution is 2.44. The number of fused-ring (bicyclic) bond motifs is 3. The molecule has 1 N–H and O–H groups in total. The van der Waals surface area contributed by atoms with Crippen molar-refractivity contribution >= 4 is 6.09 Å². The topological polar surface area (TPSA) is 80.5 Å². The Morgan fingerprint density at radius 1 is 1.14 bits per heavy atom. The van der Waals surface area contributed by atoms with E-state index in [0.29, 0.717) is 5.69 Å². The van der Waals surface area contributed by atoms with Crippen molar-refractivity contribution in [2.75, 3.05) is 19.7 Å². The summed E-state index contributed by atoms with van der Waals surface area (Å²) in [5.74, 6) is 0.0257. The molecule has 1 aromatic heterocycles. The first-order chi connectivity index (χ1) is 13.6. The Labute approximate surface area is 162 Å². The van der Waals surface area contributed by atoms with Crippen LogP contribution in [0.3, 0.4) is 0 Å². The van der Waals surface area contributed by atoms with Crippen LogP contribution in [0.15, 0.2) is 54.7 Å². The number of aryl methyl sites for hydroxylation is 1. The van der Waals surface area contributed by atoms with E-state index in [1.165, 1.54) is 38.0 Å². The van der Waals surface area contributed by atoms with E-state index in [0.717, 1.165) is 0 Å². The monoisotopic (exact) mass is 376 g/mol. The SMILES string of the molecule is Cn1nncc1C1(O)CN(C(=O)OCC2c3ccccc3-c3ccccc32)C1. The summed E-state index contributed by atoms with van der Waals surface area (Å²) in [6.45, 7) is 0.616. The molecule has 2 aliphatic rings. The van der Waals surface area contributed by atoms with Gasteiger partial charge in [0, 0.05) is 13.0 Å². The summed E-state index contributed by atoms with van der Waals surface area (Å²) in [7, 11) is 1.72. The van der Waals surface area contributed by atoms with Gasteiger partial charge in [0.1, 0.15) is 12.2 Å². The molecule has 28 heavy (non-hydrogen) atoms. The number of carbonyl (C=O) groups is 1. The van der Waals surface area contributed by atoms with Crippen molar-refractivity contribution in [2.45, 2.75) is 11.5 Å². The summed E-state index contributed by atoms with van der Waals surface area (Å²) in [5.41, 5.74) is 4.22. The molecule has 7 heteroatoms. The zero-order chi connectivity index (χ0) is 19.3. The second kappa shape index (κ2) is 6.17. The fourth-order valence-electron chi connectivity index (χ4n) is 4.27. The molecule has 1 saturated heterocycles. The number of carbonyl (C=O) groups excluding carboxylic acids is 1. The van der Waals surface area contributed by atoms with Gasteiger partial charge in [-0.2, -0.15) is 0 Å². The fourth-order valence-corrected chi connectivity index (χ4v) is 4.27. The van der Waals surface area contributed by atoms with Gasteiger partial charge in [0.25, 0.3) is 0 Å². The van der Waals surface area contributed by atoms with E-state index in [4.69, 9.17) is 4.74 Å². The minimum Gasteiger partial charge on any atom is -0.448 e. The van der Waals surface area contributed by atoms with E-state index in [1.54, 1.807) is 7.05 Å². The second-order valence-corrected chi connectivity index (χ2v) is 7.43. The molecule has 2 heterocycles. The summed E-state index contributed by atoms with van der Waals surface area (Å²) < 4.78 is 7.15. The Morgan fingerprint density at radius 2 is 1.75 bits per heavy atom. The molecule has 5 rings (SSSR count). The van der Waals surface area contributed by atoms with Crippen molar-refractivity contribution in [3.8, 4) is 11.1 Å². The van der Waals surface area contributed by atoms with Gasteiger partial charge >= 0.3 is 6.09 Å². The highest BCUT2D eigenvalue weighted by Gasteiger charge is 2.48. The highest BCUT2D eigenvalue weighted by molar-refractivity contribution is 5.79. The number of nitrogens with zero attached hydrogens (tertiary/aromatic N) is 4. The van der Waals surface area contributed by atoms with E-state index < -0.39 is 11.7 Å². The fraction of sp³-hybridized carbons (Fsp3) is 0.286.